The minimum atomic E-state index is -1.10. The first-order chi connectivity index (χ1) is 10.1. The van der Waals surface area contributed by atoms with E-state index in [9.17, 15) is 14.4 Å². The lowest BCUT2D eigenvalue weighted by Gasteiger charge is -2.43. The van der Waals surface area contributed by atoms with Gasteiger partial charge in [0.1, 0.15) is 6.54 Å². The van der Waals surface area contributed by atoms with E-state index in [1.807, 2.05) is 4.90 Å². The van der Waals surface area contributed by atoms with E-state index >= 15 is 0 Å². The summed E-state index contributed by atoms with van der Waals surface area (Å²) in [5.41, 5.74) is 0. The fourth-order valence-electron chi connectivity index (χ4n) is 3.37. The van der Waals surface area contributed by atoms with Crippen molar-refractivity contribution in [2.75, 3.05) is 19.6 Å². The third-order valence-corrected chi connectivity index (χ3v) is 4.34. The number of hydrogen-bond donors (Lipinski definition) is 3. The number of nitrogens with one attached hydrogen (secondary N) is 2. The average Bonchev–Trinajstić information content (AvgIpc) is 2.50. The molecule has 0 aromatic rings. The molecule has 2 aliphatic rings. The first-order valence-corrected chi connectivity index (χ1v) is 7.61. The standard InChI is InChI=1S/C14H23N3O4/c18-12(15-9-13(19)20)8-16-14(21)17-7-3-5-10-4-1-2-6-11(10)17/h10-11H,1-9H2,(H,15,18)(H,16,21)(H,19,20)/t10-,11-/m1/s1. The predicted molar refractivity (Wildman–Crippen MR) is 75.7 cm³/mol. The highest BCUT2D eigenvalue weighted by Gasteiger charge is 2.35. The van der Waals surface area contributed by atoms with E-state index in [0.29, 0.717) is 12.0 Å². The Morgan fingerprint density at radius 3 is 2.48 bits per heavy atom. The summed E-state index contributed by atoms with van der Waals surface area (Å²) in [6.07, 6.45) is 6.84. The smallest absolute Gasteiger partial charge is 0.322 e. The number of nitrogens with zero attached hydrogens (tertiary/aromatic N) is 1. The molecule has 1 aliphatic carbocycles. The van der Waals surface area contributed by atoms with Gasteiger partial charge in [-0.1, -0.05) is 12.8 Å². The fraction of sp³-hybridized carbons (Fsp3) is 0.786. The average molecular weight is 297 g/mol. The van der Waals surface area contributed by atoms with Crippen molar-refractivity contribution in [3.05, 3.63) is 0 Å². The number of carbonyl (C=O) groups excluding carboxylic acids is 2. The summed E-state index contributed by atoms with van der Waals surface area (Å²) in [6.45, 7) is 0.132. The highest BCUT2D eigenvalue weighted by atomic mass is 16.4. The van der Waals surface area contributed by atoms with Gasteiger partial charge >= 0.3 is 12.0 Å². The van der Waals surface area contributed by atoms with Gasteiger partial charge in [0, 0.05) is 12.6 Å². The molecule has 2 rings (SSSR count). The maximum absolute atomic E-state index is 12.2. The summed E-state index contributed by atoms with van der Waals surface area (Å²) in [5, 5.41) is 13.3. The molecule has 0 unspecified atom stereocenters. The molecule has 2 fully saturated rings. The van der Waals surface area contributed by atoms with Crippen molar-refractivity contribution in [2.45, 2.75) is 44.6 Å². The van der Waals surface area contributed by atoms with Crippen LogP contribution in [0.5, 0.6) is 0 Å². The molecule has 1 heterocycles. The van der Waals surface area contributed by atoms with Crippen molar-refractivity contribution in [2.24, 2.45) is 5.92 Å². The van der Waals surface area contributed by atoms with Crippen LogP contribution in [0.2, 0.25) is 0 Å². The lowest BCUT2D eigenvalue weighted by molar-refractivity contribution is -0.137. The van der Waals surface area contributed by atoms with E-state index in [-0.39, 0.29) is 12.6 Å². The highest BCUT2D eigenvalue weighted by molar-refractivity contribution is 5.86. The number of aliphatic carboxylic acids is 1. The number of piperidine rings is 1. The Labute approximate surface area is 124 Å². The molecule has 0 aromatic heterocycles. The van der Waals surface area contributed by atoms with Crippen LogP contribution in [0, 0.1) is 5.92 Å². The van der Waals surface area contributed by atoms with E-state index in [0.717, 1.165) is 25.8 Å². The molecule has 2 atom stereocenters. The second-order valence-electron chi connectivity index (χ2n) is 5.78. The molecule has 1 saturated heterocycles. The molecular formula is C14H23N3O4. The van der Waals surface area contributed by atoms with E-state index < -0.39 is 18.4 Å². The number of hydrogen-bond acceptors (Lipinski definition) is 3. The van der Waals surface area contributed by atoms with E-state index in [4.69, 9.17) is 5.11 Å². The SMILES string of the molecule is O=C(O)CNC(=O)CNC(=O)N1CCC[C@H]2CCCC[C@H]21. The van der Waals surface area contributed by atoms with Gasteiger partial charge < -0.3 is 20.6 Å². The third-order valence-electron chi connectivity index (χ3n) is 4.34. The molecule has 1 saturated carbocycles. The summed E-state index contributed by atoms with van der Waals surface area (Å²) in [4.78, 5) is 35.8. The van der Waals surface area contributed by atoms with Crippen molar-refractivity contribution >= 4 is 17.9 Å². The Hall–Kier alpha value is -1.79. The molecule has 0 aromatic carbocycles. The van der Waals surface area contributed by atoms with Crippen molar-refractivity contribution in [3.8, 4) is 0 Å². The van der Waals surface area contributed by atoms with Crippen LogP contribution in [0.1, 0.15) is 38.5 Å². The fourth-order valence-corrected chi connectivity index (χ4v) is 3.37. The Morgan fingerprint density at radius 1 is 1.00 bits per heavy atom. The summed E-state index contributed by atoms with van der Waals surface area (Å²) in [7, 11) is 0. The summed E-state index contributed by atoms with van der Waals surface area (Å²) in [5.74, 6) is -0.988. The van der Waals surface area contributed by atoms with Gasteiger partial charge in [-0.3, -0.25) is 9.59 Å². The van der Waals surface area contributed by atoms with Crippen molar-refractivity contribution in [3.63, 3.8) is 0 Å². The number of carboxylic acid groups (broad SMARTS) is 1. The molecule has 0 radical (unpaired) electrons. The molecule has 0 spiro atoms. The number of amides is 3. The first-order valence-electron chi connectivity index (χ1n) is 7.61. The van der Waals surface area contributed by atoms with Crippen molar-refractivity contribution in [1.29, 1.82) is 0 Å². The van der Waals surface area contributed by atoms with Crippen LogP contribution in [-0.2, 0) is 9.59 Å². The summed E-state index contributed by atoms with van der Waals surface area (Å²) >= 11 is 0. The second-order valence-corrected chi connectivity index (χ2v) is 5.78. The minimum Gasteiger partial charge on any atom is -0.480 e. The van der Waals surface area contributed by atoms with Crippen LogP contribution in [0.15, 0.2) is 0 Å². The van der Waals surface area contributed by atoms with Crippen molar-refractivity contribution in [1.82, 2.24) is 15.5 Å². The predicted octanol–water partition coefficient (Wildman–Crippen LogP) is 0.551. The van der Waals surface area contributed by atoms with Gasteiger partial charge in [-0.15, -0.1) is 0 Å². The molecule has 118 valence electrons. The molecule has 7 heteroatoms. The zero-order valence-electron chi connectivity index (χ0n) is 12.1. The van der Waals surface area contributed by atoms with E-state index in [2.05, 4.69) is 10.6 Å². The Bertz CT molecular complexity index is 411. The number of urea groups is 1. The Morgan fingerprint density at radius 2 is 1.71 bits per heavy atom. The van der Waals surface area contributed by atoms with E-state index in [1.54, 1.807) is 0 Å². The van der Waals surface area contributed by atoms with Crippen LogP contribution < -0.4 is 10.6 Å². The van der Waals surface area contributed by atoms with Crippen molar-refractivity contribution < 1.29 is 19.5 Å². The molecule has 3 N–H and O–H groups in total. The molecule has 1 aliphatic heterocycles. The second kappa shape index (κ2) is 7.28. The van der Waals surface area contributed by atoms with Gasteiger partial charge in [0.2, 0.25) is 5.91 Å². The monoisotopic (exact) mass is 297 g/mol. The number of carboxylic acids is 1. The lowest BCUT2D eigenvalue weighted by Crippen LogP contribution is -2.54. The summed E-state index contributed by atoms with van der Waals surface area (Å²) in [6, 6.07) is 0.0895. The Balaban J connectivity index is 1.79. The highest BCUT2D eigenvalue weighted by Crippen LogP contribution is 2.35. The maximum atomic E-state index is 12.2. The van der Waals surface area contributed by atoms with Gasteiger partial charge in [0.05, 0.1) is 6.54 Å². The number of rotatable bonds is 4. The topological polar surface area (TPSA) is 98.7 Å². The lowest BCUT2D eigenvalue weighted by atomic mass is 9.78. The minimum absolute atomic E-state index is 0.181. The molecule has 3 amide bonds. The quantitative estimate of drug-likeness (QED) is 0.705. The van der Waals surface area contributed by atoms with Crippen LogP contribution in [0.25, 0.3) is 0 Å². The molecular weight excluding hydrogens is 274 g/mol. The van der Waals surface area contributed by atoms with Gasteiger partial charge in [0.25, 0.3) is 0 Å². The Kier molecular flexibility index (Phi) is 5.41. The van der Waals surface area contributed by atoms with Gasteiger partial charge in [-0.2, -0.15) is 0 Å². The first kappa shape index (κ1) is 15.6. The van der Waals surface area contributed by atoms with Gasteiger partial charge in [0.15, 0.2) is 0 Å². The normalized spacial score (nSPS) is 24.9. The van der Waals surface area contributed by atoms with Crippen LogP contribution in [0.3, 0.4) is 0 Å². The zero-order valence-corrected chi connectivity index (χ0v) is 12.1. The number of carbonyl (C=O) groups is 3. The van der Waals surface area contributed by atoms with Crippen LogP contribution >= 0.6 is 0 Å². The summed E-state index contributed by atoms with van der Waals surface area (Å²) < 4.78 is 0. The maximum Gasteiger partial charge on any atom is 0.322 e. The molecule has 7 nitrogen and oxygen atoms in total. The van der Waals surface area contributed by atoms with Crippen LogP contribution in [0.4, 0.5) is 4.79 Å². The number of likely N-dealkylation sites (tertiary alicyclic amines) is 1. The zero-order chi connectivity index (χ0) is 15.2. The van der Waals surface area contributed by atoms with Gasteiger partial charge in [-0.05, 0) is 31.6 Å². The third kappa shape index (κ3) is 4.34. The van der Waals surface area contributed by atoms with Gasteiger partial charge in [-0.25, -0.2) is 4.79 Å². The number of fused-ring (bicyclic) bond motifs is 1. The molecule has 21 heavy (non-hydrogen) atoms. The molecule has 0 bridgehead atoms. The largest absolute Gasteiger partial charge is 0.480 e. The van der Waals surface area contributed by atoms with Crippen LogP contribution in [-0.4, -0.2) is 53.6 Å². The van der Waals surface area contributed by atoms with E-state index in [1.165, 1.54) is 19.3 Å².